The Morgan fingerprint density at radius 1 is 0.814 bits per heavy atom. The van der Waals surface area contributed by atoms with Gasteiger partial charge in [-0.1, -0.05) is 18.2 Å². The second-order valence-corrected chi connectivity index (χ2v) is 12.3. The quantitative estimate of drug-likeness (QED) is 0.193. The molecule has 2 heterocycles. The maximum absolute atomic E-state index is 13.6. The summed E-state index contributed by atoms with van der Waals surface area (Å²) in [5, 5.41) is 12.3. The van der Waals surface area contributed by atoms with E-state index in [-0.39, 0.29) is 30.3 Å². The number of fused-ring (bicyclic) bond motifs is 1. The van der Waals surface area contributed by atoms with Crippen LogP contribution in [-0.2, 0) is 21.7 Å². The third-order valence-corrected chi connectivity index (χ3v) is 7.69. The van der Waals surface area contributed by atoms with Gasteiger partial charge in [-0.3, -0.25) is 0 Å². The zero-order valence-electron chi connectivity index (χ0n) is 25.8. The smallest absolute Gasteiger partial charge is 0.342 e. The predicted molar refractivity (Wildman–Crippen MR) is 168 cm³/mol. The Labute approximate surface area is 256 Å². The molecular formula is C34H38N2O6S. The van der Waals surface area contributed by atoms with Crippen molar-refractivity contribution in [1.29, 1.82) is 0 Å². The van der Waals surface area contributed by atoms with Gasteiger partial charge in [0.05, 0.1) is 35.6 Å². The molecule has 3 aromatic carbocycles. The second kappa shape index (κ2) is 12.0. The lowest BCUT2D eigenvalue weighted by molar-refractivity contribution is -0.185. The number of ether oxygens (including phenoxy) is 4. The van der Waals surface area contributed by atoms with E-state index in [9.17, 15) is 9.90 Å². The molecule has 0 spiro atoms. The molecule has 1 aliphatic heterocycles. The van der Waals surface area contributed by atoms with E-state index in [1.54, 1.807) is 6.07 Å². The molecule has 1 aliphatic rings. The zero-order chi connectivity index (χ0) is 31.1. The van der Waals surface area contributed by atoms with Crippen LogP contribution in [0.1, 0.15) is 69.4 Å². The normalized spacial score (nSPS) is 17.0. The average Bonchev–Trinajstić information content (AvgIpc) is 3.48. The average molecular weight is 603 g/mol. The van der Waals surface area contributed by atoms with Gasteiger partial charge in [0.2, 0.25) is 5.75 Å². The summed E-state index contributed by atoms with van der Waals surface area (Å²) in [4.78, 5) is 13.6. The molecule has 0 aliphatic carbocycles. The number of hydrogen-bond donors (Lipinski definition) is 1. The Morgan fingerprint density at radius 2 is 1.44 bits per heavy atom. The number of esters is 1. The van der Waals surface area contributed by atoms with Crippen molar-refractivity contribution in [2.75, 3.05) is 0 Å². The minimum atomic E-state index is -1.99. The third-order valence-electron chi connectivity index (χ3n) is 7.14. The molecule has 0 bridgehead atoms. The van der Waals surface area contributed by atoms with Crippen LogP contribution in [0.15, 0.2) is 54.1 Å². The predicted octanol–water partition coefficient (Wildman–Crippen LogP) is 7.07. The van der Waals surface area contributed by atoms with Crippen molar-refractivity contribution in [3.8, 4) is 17.2 Å². The number of aromatic nitrogens is 2. The first kappa shape index (κ1) is 30.5. The molecule has 0 saturated carbocycles. The van der Waals surface area contributed by atoms with Gasteiger partial charge < -0.3 is 24.1 Å². The van der Waals surface area contributed by atoms with Gasteiger partial charge in [-0.15, -0.1) is 0 Å². The van der Waals surface area contributed by atoms with E-state index in [2.05, 4.69) is 8.75 Å². The lowest BCUT2D eigenvalue weighted by Crippen LogP contribution is -2.30. The van der Waals surface area contributed by atoms with Gasteiger partial charge in [-0.25, -0.2) is 4.79 Å². The molecule has 226 valence electrons. The number of carbonyl (C=O) groups is 1. The van der Waals surface area contributed by atoms with E-state index in [1.807, 2.05) is 97.9 Å². The summed E-state index contributed by atoms with van der Waals surface area (Å²) in [6.07, 6.45) is -0.208. The highest BCUT2D eigenvalue weighted by Crippen LogP contribution is 2.47. The number of rotatable bonds is 10. The number of carbonyl (C=O) groups excluding carboxylic acids is 1. The second-order valence-electron chi connectivity index (χ2n) is 11.8. The molecule has 1 unspecified atom stereocenters. The van der Waals surface area contributed by atoms with Crippen molar-refractivity contribution in [3.63, 3.8) is 0 Å². The fraction of sp³-hybridized carbons (Fsp3) is 0.382. The van der Waals surface area contributed by atoms with E-state index in [0.717, 1.165) is 33.9 Å². The number of aliphatic hydroxyl groups is 1. The first-order valence-corrected chi connectivity index (χ1v) is 15.3. The zero-order valence-corrected chi connectivity index (χ0v) is 26.7. The molecule has 1 aromatic heterocycles. The minimum Gasteiger partial charge on any atom is -0.487 e. The molecule has 43 heavy (non-hydrogen) atoms. The summed E-state index contributed by atoms with van der Waals surface area (Å²) in [5.74, 6) is -1.05. The number of aryl methyl sites for hydroxylation is 2. The largest absolute Gasteiger partial charge is 0.487 e. The highest BCUT2D eigenvalue weighted by molar-refractivity contribution is 7.00. The molecule has 0 fully saturated rings. The third kappa shape index (κ3) is 6.24. The molecule has 4 aromatic rings. The molecule has 0 saturated heterocycles. The SMILES string of the molecule is Cc1ccc(C2(O)OC(=O)C(c3ccc4nsnc4c3)=C2Cc2cc(OC(C)C)c(OC(C)C)c(OC(C)C)c2)cc1C. The van der Waals surface area contributed by atoms with Crippen LogP contribution in [0.25, 0.3) is 16.6 Å². The van der Waals surface area contributed by atoms with Crippen LogP contribution >= 0.6 is 11.7 Å². The van der Waals surface area contributed by atoms with Crippen LogP contribution in [0.2, 0.25) is 0 Å². The van der Waals surface area contributed by atoms with Crippen LogP contribution in [0.3, 0.4) is 0 Å². The summed E-state index contributed by atoms with van der Waals surface area (Å²) in [6, 6.07) is 14.8. The van der Waals surface area contributed by atoms with Crippen LogP contribution in [0, 0.1) is 13.8 Å². The standard InChI is InChI=1S/C34H38N2O6S/c1-18(2)39-29-15-23(16-30(40-19(3)4)32(29)41-20(5)6)14-26-31(24-10-12-27-28(17-24)36-43-35-27)33(37)42-34(26,38)25-11-9-21(7)22(8)13-25/h9-13,15-20,38H,14H2,1-8H3. The van der Waals surface area contributed by atoms with Crippen LogP contribution in [-0.4, -0.2) is 38.1 Å². The van der Waals surface area contributed by atoms with Crippen molar-refractivity contribution < 1.29 is 28.8 Å². The van der Waals surface area contributed by atoms with Crippen molar-refractivity contribution in [1.82, 2.24) is 8.75 Å². The monoisotopic (exact) mass is 602 g/mol. The van der Waals surface area contributed by atoms with E-state index in [1.165, 1.54) is 0 Å². The molecule has 0 amide bonds. The fourth-order valence-corrected chi connectivity index (χ4v) is 5.65. The van der Waals surface area contributed by atoms with Crippen molar-refractivity contribution >= 4 is 34.3 Å². The molecule has 9 heteroatoms. The Bertz CT molecular complexity index is 1680. The summed E-state index contributed by atoms with van der Waals surface area (Å²) >= 11 is 1.10. The maximum Gasteiger partial charge on any atom is 0.342 e. The molecule has 0 radical (unpaired) electrons. The summed E-state index contributed by atoms with van der Waals surface area (Å²) in [7, 11) is 0. The number of hydrogen-bond acceptors (Lipinski definition) is 9. The molecule has 8 nitrogen and oxygen atoms in total. The molecule has 1 N–H and O–H groups in total. The van der Waals surface area contributed by atoms with Crippen LogP contribution in [0.4, 0.5) is 0 Å². The Morgan fingerprint density at radius 3 is 2.05 bits per heavy atom. The van der Waals surface area contributed by atoms with Gasteiger partial charge in [-0.05, 0) is 108 Å². The first-order valence-electron chi connectivity index (χ1n) is 14.5. The van der Waals surface area contributed by atoms with E-state index in [4.69, 9.17) is 18.9 Å². The number of nitrogens with zero attached hydrogens (tertiary/aromatic N) is 2. The summed E-state index contributed by atoms with van der Waals surface area (Å²) in [6.45, 7) is 15.6. The number of cyclic esters (lactones) is 1. The Hall–Kier alpha value is -3.95. The van der Waals surface area contributed by atoms with Crippen molar-refractivity contribution in [2.45, 2.75) is 85.9 Å². The van der Waals surface area contributed by atoms with Gasteiger partial charge in [0.25, 0.3) is 5.79 Å². The van der Waals surface area contributed by atoms with E-state index >= 15 is 0 Å². The topological polar surface area (TPSA) is 100 Å². The van der Waals surface area contributed by atoms with Gasteiger partial charge in [0, 0.05) is 17.6 Å². The van der Waals surface area contributed by atoms with Gasteiger partial charge in [0.15, 0.2) is 11.5 Å². The minimum absolute atomic E-state index is 0.116. The van der Waals surface area contributed by atoms with Crippen LogP contribution < -0.4 is 14.2 Å². The van der Waals surface area contributed by atoms with Gasteiger partial charge in [0.1, 0.15) is 11.0 Å². The molecule has 1 atom stereocenters. The van der Waals surface area contributed by atoms with Crippen molar-refractivity contribution in [2.24, 2.45) is 0 Å². The van der Waals surface area contributed by atoms with E-state index in [0.29, 0.717) is 39.5 Å². The lowest BCUT2D eigenvalue weighted by Gasteiger charge is -2.27. The summed E-state index contributed by atoms with van der Waals surface area (Å²) in [5.41, 5.74) is 5.96. The molecule has 5 rings (SSSR count). The maximum atomic E-state index is 13.6. The highest BCUT2D eigenvalue weighted by atomic mass is 32.1. The van der Waals surface area contributed by atoms with Crippen molar-refractivity contribution in [3.05, 3.63) is 81.9 Å². The van der Waals surface area contributed by atoms with Gasteiger partial charge >= 0.3 is 5.97 Å². The number of benzene rings is 3. The highest BCUT2D eigenvalue weighted by Gasteiger charge is 2.48. The molecular weight excluding hydrogens is 564 g/mol. The Balaban J connectivity index is 1.72. The van der Waals surface area contributed by atoms with Gasteiger partial charge in [-0.2, -0.15) is 8.75 Å². The summed E-state index contributed by atoms with van der Waals surface area (Å²) < 4.78 is 33.1. The fourth-order valence-electron chi connectivity index (χ4n) is 5.13. The van der Waals surface area contributed by atoms with Crippen LogP contribution in [0.5, 0.6) is 17.2 Å². The Kier molecular flexibility index (Phi) is 8.49. The first-order chi connectivity index (χ1) is 20.4. The lowest BCUT2D eigenvalue weighted by atomic mass is 9.87. The van der Waals surface area contributed by atoms with E-state index < -0.39 is 11.8 Å².